The van der Waals surface area contributed by atoms with Gasteiger partial charge in [-0.25, -0.2) is 13.8 Å². The van der Waals surface area contributed by atoms with Crippen molar-refractivity contribution < 1.29 is 23.5 Å². The monoisotopic (exact) mass is 384 g/mol. The van der Waals surface area contributed by atoms with Crippen molar-refractivity contribution in [2.24, 2.45) is 0 Å². The molecule has 0 saturated carbocycles. The van der Waals surface area contributed by atoms with E-state index in [9.17, 15) is 13.6 Å². The number of aromatic amines is 2. The second kappa shape index (κ2) is 9.76. The lowest BCUT2D eigenvalue weighted by Gasteiger charge is -2.20. The molecule has 9 nitrogen and oxygen atoms in total. The second-order valence-electron chi connectivity index (χ2n) is 6.05. The first kappa shape index (κ1) is 20.5. The van der Waals surface area contributed by atoms with E-state index in [-0.39, 0.29) is 23.8 Å². The number of hydrogen-bond acceptors (Lipinski definition) is 5. The van der Waals surface area contributed by atoms with E-state index in [1.165, 1.54) is 0 Å². The summed E-state index contributed by atoms with van der Waals surface area (Å²) in [5.41, 5.74) is 0.730. The van der Waals surface area contributed by atoms with Gasteiger partial charge in [0.15, 0.2) is 5.69 Å². The molecule has 1 aliphatic heterocycles. The molecule has 2 aromatic rings. The Hall–Kier alpha value is -2.82. The van der Waals surface area contributed by atoms with Crippen molar-refractivity contribution in [2.75, 3.05) is 26.2 Å². The highest BCUT2D eigenvalue weighted by Crippen LogP contribution is 2.18. The molecule has 1 amide bonds. The van der Waals surface area contributed by atoms with E-state index < -0.39 is 6.43 Å². The van der Waals surface area contributed by atoms with Crippen molar-refractivity contribution in [1.82, 2.24) is 30.0 Å². The molecule has 11 heteroatoms. The average molecular weight is 384 g/mol. The summed E-state index contributed by atoms with van der Waals surface area (Å²) in [6, 6.07) is 1.13. The number of amides is 1. The molecule has 1 fully saturated rings. The Morgan fingerprint density at radius 1 is 1.37 bits per heavy atom. The van der Waals surface area contributed by atoms with Gasteiger partial charge in [-0.2, -0.15) is 5.10 Å². The molecule has 1 saturated heterocycles. The third-order valence-corrected chi connectivity index (χ3v) is 4.06. The van der Waals surface area contributed by atoms with Crippen LogP contribution in [0.3, 0.4) is 0 Å². The number of nitrogens with zero attached hydrogens (tertiary/aromatic N) is 4. The summed E-state index contributed by atoms with van der Waals surface area (Å²) in [5, 5.41) is 12.8. The number of hydrogen-bond donors (Lipinski definition) is 3. The van der Waals surface area contributed by atoms with Gasteiger partial charge in [0.2, 0.25) is 0 Å². The molecule has 0 atom stereocenters. The molecule has 0 unspecified atom stereocenters. The fraction of sp³-hybridized carbons (Fsp3) is 0.500. The Kier molecular flexibility index (Phi) is 7.41. The number of H-pyrrole nitrogens is 2. The summed E-state index contributed by atoms with van der Waals surface area (Å²) in [4.78, 5) is 32.2. The van der Waals surface area contributed by atoms with Gasteiger partial charge in [-0.1, -0.05) is 0 Å². The summed E-state index contributed by atoms with van der Waals surface area (Å²) in [7, 11) is 0. The van der Waals surface area contributed by atoms with Crippen molar-refractivity contribution >= 4 is 12.4 Å². The first-order valence-corrected chi connectivity index (χ1v) is 8.38. The standard InChI is InChI=1S/C15H20F2N6O.CH2O2/c1-10-8-18-13(19-10)9-22-3-2-4-23(6-5-22)15(24)12-7-11(14(16)17)20-21-12;2-1-3/h7-8,14H,2-6,9H2,1H3,(H,18,19)(H,20,21);1H,(H,2,3). The van der Waals surface area contributed by atoms with E-state index in [2.05, 4.69) is 25.1 Å². The van der Waals surface area contributed by atoms with E-state index in [1.54, 1.807) is 11.1 Å². The van der Waals surface area contributed by atoms with Gasteiger partial charge in [0.25, 0.3) is 18.8 Å². The first-order chi connectivity index (χ1) is 12.9. The van der Waals surface area contributed by atoms with Crippen molar-refractivity contribution in [1.29, 1.82) is 0 Å². The van der Waals surface area contributed by atoms with Crippen molar-refractivity contribution in [2.45, 2.75) is 26.3 Å². The van der Waals surface area contributed by atoms with Crippen LogP contribution in [0, 0.1) is 6.92 Å². The van der Waals surface area contributed by atoms with Gasteiger partial charge >= 0.3 is 0 Å². The number of aryl methyl sites for hydroxylation is 1. The fourth-order valence-electron chi connectivity index (χ4n) is 2.81. The zero-order valence-corrected chi connectivity index (χ0v) is 14.9. The van der Waals surface area contributed by atoms with Gasteiger partial charge < -0.3 is 15.0 Å². The summed E-state index contributed by atoms with van der Waals surface area (Å²) in [6.07, 6.45) is -0.0472. The SMILES string of the molecule is Cc1cnc(CN2CCCN(C(=O)c3cc(C(F)F)[nH]n3)CC2)[nH]1.O=CO. The van der Waals surface area contributed by atoms with Gasteiger partial charge in [-0.15, -0.1) is 0 Å². The minimum absolute atomic E-state index is 0.0420. The minimum atomic E-state index is -2.66. The van der Waals surface area contributed by atoms with Gasteiger partial charge in [0.05, 0.1) is 6.54 Å². The largest absolute Gasteiger partial charge is 0.483 e. The van der Waals surface area contributed by atoms with Crippen LogP contribution in [0.1, 0.15) is 40.5 Å². The number of rotatable bonds is 4. The number of aromatic nitrogens is 4. The number of carboxylic acid groups (broad SMARTS) is 1. The summed E-state index contributed by atoms with van der Waals surface area (Å²) < 4.78 is 25.2. The van der Waals surface area contributed by atoms with E-state index in [0.29, 0.717) is 26.2 Å². The van der Waals surface area contributed by atoms with Crippen molar-refractivity contribution in [3.63, 3.8) is 0 Å². The lowest BCUT2D eigenvalue weighted by molar-refractivity contribution is -0.122. The van der Waals surface area contributed by atoms with E-state index in [0.717, 1.165) is 30.6 Å². The molecule has 148 valence electrons. The van der Waals surface area contributed by atoms with Crippen LogP contribution in [-0.4, -0.2) is 73.6 Å². The normalized spacial score (nSPS) is 15.2. The summed E-state index contributed by atoms with van der Waals surface area (Å²) in [6.45, 7) is 5.09. The molecule has 3 heterocycles. The third kappa shape index (κ3) is 5.84. The first-order valence-electron chi connectivity index (χ1n) is 8.38. The van der Waals surface area contributed by atoms with E-state index >= 15 is 0 Å². The fourth-order valence-corrected chi connectivity index (χ4v) is 2.81. The highest BCUT2D eigenvalue weighted by molar-refractivity contribution is 5.92. The maximum atomic E-state index is 12.6. The molecule has 2 aromatic heterocycles. The number of nitrogens with one attached hydrogen (secondary N) is 2. The lowest BCUT2D eigenvalue weighted by Crippen LogP contribution is -2.35. The smallest absolute Gasteiger partial charge is 0.290 e. The van der Waals surface area contributed by atoms with Crippen molar-refractivity contribution in [3.8, 4) is 0 Å². The maximum Gasteiger partial charge on any atom is 0.290 e. The highest BCUT2D eigenvalue weighted by atomic mass is 19.3. The number of carbonyl (C=O) groups excluding carboxylic acids is 1. The minimum Gasteiger partial charge on any atom is -0.483 e. The maximum absolute atomic E-state index is 12.6. The second-order valence-corrected chi connectivity index (χ2v) is 6.05. The predicted octanol–water partition coefficient (Wildman–Crippen LogP) is 1.43. The van der Waals surface area contributed by atoms with Gasteiger partial charge in [0.1, 0.15) is 11.5 Å². The molecule has 1 aliphatic rings. The third-order valence-electron chi connectivity index (χ3n) is 4.06. The lowest BCUT2D eigenvalue weighted by atomic mass is 10.3. The highest BCUT2D eigenvalue weighted by Gasteiger charge is 2.23. The van der Waals surface area contributed by atoms with Crippen LogP contribution in [-0.2, 0) is 11.3 Å². The molecular formula is C16H22F2N6O3. The quantitative estimate of drug-likeness (QED) is 0.687. The summed E-state index contributed by atoms with van der Waals surface area (Å²) >= 11 is 0. The van der Waals surface area contributed by atoms with Crippen LogP contribution in [0.4, 0.5) is 8.78 Å². The molecule has 27 heavy (non-hydrogen) atoms. The molecule has 0 radical (unpaired) electrons. The van der Waals surface area contributed by atoms with Crippen LogP contribution < -0.4 is 0 Å². The van der Waals surface area contributed by atoms with Crippen LogP contribution >= 0.6 is 0 Å². The Morgan fingerprint density at radius 3 is 2.70 bits per heavy atom. The van der Waals surface area contributed by atoms with E-state index in [1.807, 2.05) is 6.92 Å². The van der Waals surface area contributed by atoms with E-state index in [4.69, 9.17) is 9.90 Å². The van der Waals surface area contributed by atoms with Crippen LogP contribution in [0.2, 0.25) is 0 Å². The number of carbonyl (C=O) groups is 2. The number of imidazole rings is 1. The Labute approximate surface area is 154 Å². The Bertz CT molecular complexity index is 748. The predicted molar refractivity (Wildman–Crippen MR) is 91.4 cm³/mol. The number of alkyl halides is 2. The molecule has 0 bridgehead atoms. The zero-order chi connectivity index (χ0) is 19.8. The molecule has 3 N–H and O–H groups in total. The van der Waals surface area contributed by atoms with Crippen LogP contribution in [0.25, 0.3) is 0 Å². The molecule has 0 aromatic carbocycles. The Morgan fingerprint density at radius 2 is 2.11 bits per heavy atom. The molecule has 0 spiro atoms. The summed E-state index contributed by atoms with van der Waals surface area (Å²) in [5.74, 6) is 0.593. The van der Waals surface area contributed by atoms with Crippen LogP contribution in [0.5, 0.6) is 0 Å². The van der Waals surface area contributed by atoms with Crippen LogP contribution in [0.15, 0.2) is 12.3 Å². The average Bonchev–Trinajstić information content (AvgIpc) is 3.20. The van der Waals surface area contributed by atoms with Gasteiger partial charge in [-0.3, -0.25) is 19.6 Å². The topological polar surface area (TPSA) is 118 Å². The Balaban J connectivity index is 0.000000817. The number of halogens is 2. The molecule has 3 rings (SSSR count). The van der Waals surface area contributed by atoms with Gasteiger partial charge in [-0.05, 0) is 19.4 Å². The molecular weight excluding hydrogens is 362 g/mol. The molecule has 0 aliphatic carbocycles. The van der Waals surface area contributed by atoms with Gasteiger partial charge in [0, 0.05) is 38.1 Å². The van der Waals surface area contributed by atoms with Crippen molar-refractivity contribution in [3.05, 3.63) is 35.2 Å². The zero-order valence-electron chi connectivity index (χ0n) is 14.9.